The number of carbonyl (C=O) groups excluding carboxylic acids is 2. The lowest BCUT2D eigenvalue weighted by molar-refractivity contribution is -0.137. The summed E-state index contributed by atoms with van der Waals surface area (Å²) in [5.41, 5.74) is 2.25. The van der Waals surface area contributed by atoms with E-state index in [0.29, 0.717) is 24.2 Å². The molecule has 7 nitrogen and oxygen atoms in total. The molecular weight excluding hydrogens is 459 g/mol. The van der Waals surface area contributed by atoms with Gasteiger partial charge in [-0.05, 0) is 48.7 Å². The van der Waals surface area contributed by atoms with Crippen LogP contribution in [-0.2, 0) is 29.2 Å². The van der Waals surface area contributed by atoms with Crippen LogP contribution in [-0.4, -0.2) is 52.4 Å². The van der Waals surface area contributed by atoms with E-state index in [1.807, 2.05) is 30.8 Å². The summed E-state index contributed by atoms with van der Waals surface area (Å²) in [6.07, 6.45) is -3.01. The van der Waals surface area contributed by atoms with Crippen LogP contribution < -0.4 is 10.2 Å². The van der Waals surface area contributed by atoms with Gasteiger partial charge in [0.2, 0.25) is 17.8 Å². The molecule has 1 saturated heterocycles. The monoisotopic (exact) mass is 487 g/mol. The van der Waals surface area contributed by atoms with Crippen molar-refractivity contribution in [2.75, 3.05) is 30.4 Å². The molecule has 1 unspecified atom stereocenters. The second kappa shape index (κ2) is 9.59. The first kappa shape index (κ1) is 24.6. The summed E-state index contributed by atoms with van der Waals surface area (Å²) in [7, 11) is 3.74. The minimum atomic E-state index is -4.37. The van der Waals surface area contributed by atoms with Gasteiger partial charge in [-0.25, -0.2) is 4.98 Å². The molecule has 0 spiro atoms. The van der Waals surface area contributed by atoms with Gasteiger partial charge in [-0.3, -0.25) is 9.59 Å². The SMILES string of the molecule is CC(=O)N(C)C1CCN(c2nc3ccc(NC(=O)CCc4ccc(C(F)(F)F)cc4)cc3n2C)C1. The summed E-state index contributed by atoms with van der Waals surface area (Å²) in [5.74, 6) is 0.632. The quantitative estimate of drug-likeness (QED) is 0.565. The fraction of sp³-hybridized carbons (Fsp3) is 0.400. The molecule has 10 heteroatoms. The lowest BCUT2D eigenvalue weighted by Crippen LogP contribution is -2.37. The van der Waals surface area contributed by atoms with Crippen LogP contribution in [0.1, 0.15) is 30.9 Å². The summed E-state index contributed by atoms with van der Waals surface area (Å²) >= 11 is 0. The molecule has 1 aromatic heterocycles. The van der Waals surface area contributed by atoms with Crippen LogP contribution in [0.25, 0.3) is 11.0 Å². The Morgan fingerprint density at radius 3 is 2.54 bits per heavy atom. The van der Waals surface area contributed by atoms with Gasteiger partial charge in [0.1, 0.15) is 0 Å². The van der Waals surface area contributed by atoms with Crippen molar-refractivity contribution in [3.63, 3.8) is 0 Å². The first-order valence-corrected chi connectivity index (χ1v) is 11.4. The van der Waals surface area contributed by atoms with E-state index in [4.69, 9.17) is 4.98 Å². The largest absolute Gasteiger partial charge is 0.416 e. The number of hydrogen-bond donors (Lipinski definition) is 1. The lowest BCUT2D eigenvalue weighted by Gasteiger charge is -2.23. The maximum absolute atomic E-state index is 12.7. The number of alkyl halides is 3. The third kappa shape index (κ3) is 5.41. The minimum absolute atomic E-state index is 0.0422. The van der Waals surface area contributed by atoms with Gasteiger partial charge in [-0.2, -0.15) is 13.2 Å². The fourth-order valence-electron chi connectivity index (χ4n) is 4.38. The van der Waals surface area contributed by atoms with Crippen LogP contribution in [0.2, 0.25) is 0 Å². The molecule has 3 aromatic rings. The number of halogens is 3. The van der Waals surface area contributed by atoms with Gasteiger partial charge >= 0.3 is 6.18 Å². The first-order valence-electron chi connectivity index (χ1n) is 11.4. The van der Waals surface area contributed by atoms with Gasteiger partial charge in [-0.1, -0.05) is 12.1 Å². The van der Waals surface area contributed by atoms with Crippen LogP contribution in [0.15, 0.2) is 42.5 Å². The van der Waals surface area contributed by atoms with Crippen molar-refractivity contribution < 1.29 is 22.8 Å². The highest BCUT2D eigenvalue weighted by Crippen LogP contribution is 2.30. The van der Waals surface area contributed by atoms with E-state index in [0.717, 1.165) is 42.1 Å². The Kier molecular flexibility index (Phi) is 6.73. The number of aromatic nitrogens is 2. The highest BCUT2D eigenvalue weighted by molar-refractivity contribution is 5.93. The van der Waals surface area contributed by atoms with Gasteiger partial charge in [-0.15, -0.1) is 0 Å². The third-order valence-corrected chi connectivity index (χ3v) is 6.55. The molecule has 0 radical (unpaired) electrons. The number of anilines is 2. The standard InChI is InChI=1S/C25H28F3N5O2/c1-16(34)31(2)20-12-13-33(15-20)24-30-21-10-9-19(14-22(21)32(24)3)29-23(35)11-6-17-4-7-18(8-5-17)25(26,27)28/h4-5,7-10,14,20H,6,11-13,15H2,1-3H3,(H,29,35). The number of aryl methyl sites for hydroxylation is 2. The van der Waals surface area contributed by atoms with Gasteiger partial charge in [0.25, 0.3) is 0 Å². The predicted molar refractivity (Wildman–Crippen MR) is 128 cm³/mol. The lowest BCUT2D eigenvalue weighted by atomic mass is 10.1. The molecule has 2 amide bonds. The topological polar surface area (TPSA) is 70.5 Å². The second-order valence-corrected chi connectivity index (χ2v) is 8.94. The third-order valence-electron chi connectivity index (χ3n) is 6.55. The number of imidazole rings is 1. The Labute approximate surface area is 201 Å². The average Bonchev–Trinajstić information content (AvgIpc) is 3.42. The minimum Gasteiger partial charge on any atom is -0.341 e. The molecular formula is C25H28F3N5O2. The zero-order valence-corrected chi connectivity index (χ0v) is 19.9. The number of nitrogens with one attached hydrogen (secondary N) is 1. The normalized spacial score (nSPS) is 16.1. The molecule has 0 bridgehead atoms. The zero-order chi connectivity index (χ0) is 25.3. The van der Waals surface area contributed by atoms with Crippen LogP contribution in [0.5, 0.6) is 0 Å². The van der Waals surface area contributed by atoms with Gasteiger partial charge in [0, 0.05) is 46.2 Å². The number of benzene rings is 2. The van der Waals surface area contributed by atoms with Crippen LogP contribution in [0.3, 0.4) is 0 Å². The van der Waals surface area contributed by atoms with Crippen LogP contribution in [0, 0.1) is 0 Å². The van der Waals surface area contributed by atoms with Crippen molar-refractivity contribution in [1.82, 2.24) is 14.5 Å². The zero-order valence-electron chi connectivity index (χ0n) is 19.9. The van der Waals surface area contributed by atoms with E-state index in [1.165, 1.54) is 12.1 Å². The molecule has 1 fully saturated rings. The highest BCUT2D eigenvalue weighted by atomic mass is 19.4. The molecule has 0 aliphatic carbocycles. The molecule has 4 rings (SSSR count). The maximum Gasteiger partial charge on any atom is 0.416 e. The van der Waals surface area contributed by atoms with E-state index >= 15 is 0 Å². The fourth-order valence-corrected chi connectivity index (χ4v) is 4.38. The number of rotatable bonds is 6. The molecule has 1 aliphatic heterocycles. The summed E-state index contributed by atoms with van der Waals surface area (Å²) < 4.78 is 40.1. The molecule has 1 aliphatic rings. The van der Waals surface area contributed by atoms with E-state index in [1.54, 1.807) is 17.9 Å². The van der Waals surface area contributed by atoms with Crippen molar-refractivity contribution >= 4 is 34.5 Å². The molecule has 2 heterocycles. The van der Waals surface area contributed by atoms with Crippen molar-refractivity contribution in [1.29, 1.82) is 0 Å². The average molecular weight is 488 g/mol. The molecule has 186 valence electrons. The number of likely N-dealkylation sites (N-methyl/N-ethyl adjacent to an activating group) is 1. The number of hydrogen-bond acceptors (Lipinski definition) is 4. The molecule has 1 atom stereocenters. The number of carbonyl (C=O) groups is 2. The van der Waals surface area contributed by atoms with E-state index < -0.39 is 11.7 Å². The van der Waals surface area contributed by atoms with Crippen molar-refractivity contribution in [3.8, 4) is 0 Å². The summed E-state index contributed by atoms with van der Waals surface area (Å²) in [6.45, 7) is 3.07. The van der Waals surface area contributed by atoms with E-state index in [2.05, 4.69) is 10.2 Å². The summed E-state index contributed by atoms with van der Waals surface area (Å²) in [4.78, 5) is 32.8. The van der Waals surface area contributed by atoms with Gasteiger partial charge in [0.05, 0.1) is 22.6 Å². The van der Waals surface area contributed by atoms with Crippen LogP contribution >= 0.6 is 0 Å². The molecule has 2 aromatic carbocycles. The number of amides is 2. The van der Waals surface area contributed by atoms with Crippen molar-refractivity contribution in [2.45, 2.75) is 38.4 Å². The Hall–Kier alpha value is -3.56. The molecule has 1 N–H and O–H groups in total. The van der Waals surface area contributed by atoms with Crippen molar-refractivity contribution in [3.05, 3.63) is 53.6 Å². The summed E-state index contributed by atoms with van der Waals surface area (Å²) in [5, 5.41) is 2.86. The molecule has 0 saturated carbocycles. The molecule has 35 heavy (non-hydrogen) atoms. The highest BCUT2D eigenvalue weighted by Gasteiger charge is 2.30. The Bertz CT molecular complexity index is 1240. The van der Waals surface area contributed by atoms with Crippen molar-refractivity contribution in [2.24, 2.45) is 7.05 Å². The van der Waals surface area contributed by atoms with Crippen LogP contribution in [0.4, 0.5) is 24.8 Å². The Balaban J connectivity index is 1.39. The number of fused-ring (bicyclic) bond motifs is 1. The van der Waals surface area contributed by atoms with E-state index in [-0.39, 0.29) is 24.3 Å². The van der Waals surface area contributed by atoms with Gasteiger partial charge < -0.3 is 19.7 Å². The van der Waals surface area contributed by atoms with E-state index in [9.17, 15) is 22.8 Å². The van der Waals surface area contributed by atoms with Gasteiger partial charge in [0.15, 0.2) is 0 Å². The predicted octanol–water partition coefficient (Wildman–Crippen LogP) is 4.22. The second-order valence-electron chi connectivity index (χ2n) is 8.94. The number of nitrogens with zero attached hydrogens (tertiary/aromatic N) is 4. The Morgan fingerprint density at radius 1 is 1.17 bits per heavy atom. The smallest absolute Gasteiger partial charge is 0.341 e. The summed E-state index contributed by atoms with van der Waals surface area (Å²) in [6, 6.07) is 10.5. The Morgan fingerprint density at radius 2 is 1.89 bits per heavy atom. The first-order chi connectivity index (χ1) is 16.5. The maximum atomic E-state index is 12.7.